The molecular formula is C17H27N3O2. The normalized spacial score (nSPS) is 11.4. The van der Waals surface area contributed by atoms with Gasteiger partial charge in [0.1, 0.15) is 0 Å². The van der Waals surface area contributed by atoms with E-state index in [1.165, 1.54) is 5.56 Å². The van der Waals surface area contributed by atoms with Gasteiger partial charge in [-0.3, -0.25) is 9.79 Å². The summed E-state index contributed by atoms with van der Waals surface area (Å²) >= 11 is 0. The average Bonchev–Trinajstić information content (AvgIpc) is 2.47. The quantitative estimate of drug-likeness (QED) is 0.439. The highest BCUT2D eigenvalue weighted by molar-refractivity contribution is 5.80. The average molecular weight is 305 g/mol. The summed E-state index contributed by atoms with van der Waals surface area (Å²) in [4.78, 5) is 15.8. The Kier molecular flexibility index (Phi) is 8.72. The van der Waals surface area contributed by atoms with Gasteiger partial charge in [0, 0.05) is 13.1 Å². The van der Waals surface area contributed by atoms with E-state index in [-0.39, 0.29) is 12.1 Å². The topological polar surface area (TPSA) is 62.7 Å². The van der Waals surface area contributed by atoms with E-state index in [2.05, 4.69) is 27.8 Å². The zero-order valence-electron chi connectivity index (χ0n) is 13.8. The monoisotopic (exact) mass is 305 g/mol. The minimum absolute atomic E-state index is 0.0753. The summed E-state index contributed by atoms with van der Waals surface area (Å²) in [5.41, 5.74) is 1.28. The Morgan fingerprint density at radius 1 is 1.23 bits per heavy atom. The molecule has 0 fully saturated rings. The van der Waals surface area contributed by atoms with E-state index < -0.39 is 0 Å². The molecule has 0 saturated carbocycles. The Hall–Kier alpha value is -2.04. The van der Waals surface area contributed by atoms with Gasteiger partial charge < -0.3 is 15.4 Å². The summed E-state index contributed by atoms with van der Waals surface area (Å²) < 4.78 is 5.08. The lowest BCUT2D eigenvalue weighted by Gasteiger charge is -2.11. The number of guanidine groups is 1. The Morgan fingerprint density at radius 2 is 1.95 bits per heavy atom. The van der Waals surface area contributed by atoms with Crippen LogP contribution in [0.25, 0.3) is 0 Å². The lowest BCUT2D eigenvalue weighted by atomic mass is 10.1. The predicted octanol–water partition coefficient (Wildman–Crippen LogP) is 2.13. The molecule has 122 valence electrons. The third-order valence-electron chi connectivity index (χ3n) is 2.85. The van der Waals surface area contributed by atoms with E-state index >= 15 is 0 Å². The molecule has 0 radical (unpaired) electrons. The van der Waals surface area contributed by atoms with Crippen LogP contribution in [0.2, 0.25) is 0 Å². The smallest absolute Gasteiger partial charge is 0.307 e. The van der Waals surface area contributed by atoms with Gasteiger partial charge in [0.05, 0.1) is 19.1 Å². The number of hydrogen-bond donors (Lipinski definition) is 2. The molecule has 0 unspecified atom stereocenters. The van der Waals surface area contributed by atoms with Crippen LogP contribution in [0.1, 0.15) is 32.8 Å². The van der Waals surface area contributed by atoms with E-state index in [1.807, 2.05) is 39.0 Å². The van der Waals surface area contributed by atoms with Gasteiger partial charge in [-0.25, -0.2) is 0 Å². The minimum atomic E-state index is -0.209. The van der Waals surface area contributed by atoms with Gasteiger partial charge in [-0.05, 0) is 32.8 Å². The number of ether oxygens (including phenoxy) is 1. The van der Waals surface area contributed by atoms with Crippen LogP contribution in [0, 0.1) is 0 Å². The number of esters is 1. The lowest BCUT2D eigenvalue weighted by Crippen LogP contribution is -2.38. The molecule has 1 aromatic rings. The van der Waals surface area contributed by atoms with E-state index in [1.54, 1.807) is 0 Å². The van der Waals surface area contributed by atoms with Crippen molar-refractivity contribution in [3.63, 3.8) is 0 Å². The number of carbonyl (C=O) groups is 1. The minimum Gasteiger partial charge on any atom is -0.463 e. The van der Waals surface area contributed by atoms with Crippen molar-refractivity contribution in [2.24, 2.45) is 4.99 Å². The maximum absolute atomic E-state index is 11.5. The van der Waals surface area contributed by atoms with Gasteiger partial charge in [-0.2, -0.15) is 0 Å². The van der Waals surface area contributed by atoms with Crippen LogP contribution in [0.5, 0.6) is 0 Å². The predicted molar refractivity (Wildman–Crippen MR) is 90.0 cm³/mol. The molecule has 2 N–H and O–H groups in total. The Labute approximate surface area is 133 Å². The summed E-state index contributed by atoms with van der Waals surface area (Å²) in [6.45, 7) is 7.71. The maximum Gasteiger partial charge on any atom is 0.307 e. The van der Waals surface area contributed by atoms with Crippen molar-refractivity contribution in [1.29, 1.82) is 0 Å². The molecule has 0 aliphatic rings. The lowest BCUT2D eigenvalue weighted by molar-refractivity contribution is -0.147. The second-order valence-corrected chi connectivity index (χ2v) is 5.21. The van der Waals surface area contributed by atoms with Crippen molar-refractivity contribution in [1.82, 2.24) is 10.6 Å². The van der Waals surface area contributed by atoms with Gasteiger partial charge in [-0.15, -0.1) is 0 Å². The highest BCUT2D eigenvalue weighted by Crippen LogP contribution is 1.98. The molecule has 0 aliphatic carbocycles. The van der Waals surface area contributed by atoms with Crippen LogP contribution in [0.15, 0.2) is 35.3 Å². The maximum atomic E-state index is 11.5. The first kappa shape index (κ1) is 18.0. The first-order valence-corrected chi connectivity index (χ1v) is 7.87. The summed E-state index contributed by atoms with van der Waals surface area (Å²) in [6.07, 6.45) is 1.15. The Balaban J connectivity index is 2.34. The van der Waals surface area contributed by atoms with Gasteiger partial charge in [-0.1, -0.05) is 30.3 Å². The molecule has 1 aromatic carbocycles. The number of carbonyl (C=O) groups excluding carboxylic acids is 1. The summed E-state index contributed by atoms with van der Waals surface area (Å²) in [7, 11) is 0. The molecule has 0 spiro atoms. The van der Waals surface area contributed by atoms with Crippen molar-refractivity contribution in [2.75, 3.05) is 19.6 Å². The first-order chi connectivity index (χ1) is 10.6. The van der Waals surface area contributed by atoms with Crippen molar-refractivity contribution in [3.8, 4) is 0 Å². The Morgan fingerprint density at radius 3 is 2.59 bits per heavy atom. The fourth-order valence-electron chi connectivity index (χ4n) is 1.89. The molecule has 0 aliphatic heterocycles. The van der Waals surface area contributed by atoms with Crippen molar-refractivity contribution >= 4 is 11.9 Å². The molecule has 0 saturated heterocycles. The molecule has 0 aromatic heterocycles. The van der Waals surface area contributed by atoms with Crippen molar-refractivity contribution in [2.45, 2.75) is 39.7 Å². The molecular weight excluding hydrogens is 278 g/mol. The molecule has 0 bridgehead atoms. The zero-order valence-corrected chi connectivity index (χ0v) is 13.8. The fourth-order valence-corrected chi connectivity index (χ4v) is 1.89. The third-order valence-corrected chi connectivity index (χ3v) is 2.85. The summed E-state index contributed by atoms with van der Waals surface area (Å²) in [6, 6.07) is 10.3. The third kappa shape index (κ3) is 8.29. The molecule has 5 nitrogen and oxygen atoms in total. The molecule has 1 rings (SSSR count). The molecule has 5 heteroatoms. The van der Waals surface area contributed by atoms with Gasteiger partial charge in [0.15, 0.2) is 5.96 Å². The first-order valence-electron chi connectivity index (χ1n) is 7.87. The number of nitrogens with zero attached hydrogens (tertiary/aromatic N) is 1. The molecule has 22 heavy (non-hydrogen) atoms. The molecule has 0 atom stereocenters. The highest BCUT2D eigenvalue weighted by Gasteiger charge is 2.05. The second-order valence-electron chi connectivity index (χ2n) is 5.21. The second kappa shape index (κ2) is 10.7. The summed E-state index contributed by atoms with van der Waals surface area (Å²) in [5, 5.41) is 6.44. The Bertz CT molecular complexity index is 458. The number of rotatable bonds is 8. The van der Waals surface area contributed by atoms with Crippen LogP contribution in [0.4, 0.5) is 0 Å². The van der Waals surface area contributed by atoms with Gasteiger partial charge in [0.2, 0.25) is 0 Å². The van der Waals surface area contributed by atoms with Crippen molar-refractivity contribution < 1.29 is 9.53 Å². The molecule has 0 heterocycles. The number of aliphatic imine (C=N–C) groups is 1. The number of nitrogens with one attached hydrogen (secondary N) is 2. The van der Waals surface area contributed by atoms with Crippen LogP contribution < -0.4 is 10.6 Å². The SMILES string of the molecule is CCNC(=NCCC(=O)OC(C)C)NCCc1ccccc1. The van der Waals surface area contributed by atoms with Crippen LogP contribution in [-0.2, 0) is 16.0 Å². The van der Waals surface area contributed by atoms with E-state index in [0.717, 1.165) is 25.5 Å². The summed E-state index contributed by atoms with van der Waals surface area (Å²) in [5.74, 6) is 0.523. The van der Waals surface area contributed by atoms with Crippen LogP contribution >= 0.6 is 0 Å². The van der Waals surface area contributed by atoms with Crippen LogP contribution in [0.3, 0.4) is 0 Å². The van der Waals surface area contributed by atoms with Gasteiger partial charge in [0.25, 0.3) is 0 Å². The highest BCUT2D eigenvalue weighted by atomic mass is 16.5. The number of benzene rings is 1. The fraction of sp³-hybridized carbons (Fsp3) is 0.529. The van der Waals surface area contributed by atoms with Crippen LogP contribution in [-0.4, -0.2) is 37.7 Å². The van der Waals surface area contributed by atoms with E-state index in [9.17, 15) is 4.79 Å². The van der Waals surface area contributed by atoms with E-state index in [4.69, 9.17) is 4.74 Å². The standard InChI is InChI=1S/C17H27N3O2/c1-4-18-17(20-13-11-16(21)22-14(2)3)19-12-10-15-8-6-5-7-9-15/h5-9,14H,4,10-13H2,1-3H3,(H2,18,19,20). The van der Waals surface area contributed by atoms with Gasteiger partial charge >= 0.3 is 5.97 Å². The van der Waals surface area contributed by atoms with E-state index in [0.29, 0.717) is 13.0 Å². The number of hydrogen-bond acceptors (Lipinski definition) is 3. The zero-order chi connectivity index (χ0) is 16.2. The largest absolute Gasteiger partial charge is 0.463 e. The van der Waals surface area contributed by atoms with Crippen molar-refractivity contribution in [3.05, 3.63) is 35.9 Å². The molecule has 0 amide bonds.